The Labute approximate surface area is 127 Å². The van der Waals surface area contributed by atoms with Crippen LogP contribution < -0.4 is 10.5 Å². The van der Waals surface area contributed by atoms with Crippen molar-refractivity contribution in [3.05, 3.63) is 41.7 Å². The van der Waals surface area contributed by atoms with E-state index in [1.807, 2.05) is 6.07 Å². The second-order valence-corrected chi connectivity index (χ2v) is 4.34. The number of hydrogen-bond donors (Lipinski definition) is 2. The van der Waals surface area contributed by atoms with Crippen molar-refractivity contribution >= 4 is 11.7 Å². The Morgan fingerprint density at radius 2 is 2.09 bits per heavy atom. The molecule has 1 aromatic carbocycles. The Hall–Kier alpha value is -2.98. The van der Waals surface area contributed by atoms with Crippen molar-refractivity contribution in [3.63, 3.8) is 0 Å². The van der Waals surface area contributed by atoms with E-state index in [2.05, 4.69) is 0 Å². The lowest BCUT2D eigenvalue weighted by Gasteiger charge is -2.10. The summed E-state index contributed by atoms with van der Waals surface area (Å²) in [4.78, 5) is 11.9. The predicted molar refractivity (Wildman–Crippen MR) is 78.8 cm³/mol. The van der Waals surface area contributed by atoms with Gasteiger partial charge in [0, 0.05) is 11.9 Å². The molecule has 2 aromatic rings. The first-order valence-electron chi connectivity index (χ1n) is 6.45. The van der Waals surface area contributed by atoms with Crippen molar-refractivity contribution in [2.75, 3.05) is 26.1 Å². The molecular weight excluding hydrogens is 286 g/mol. The Balaban J connectivity index is 2.44. The average Bonchev–Trinajstić information content (AvgIpc) is 2.89. The van der Waals surface area contributed by atoms with E-state index in [0.717, 1.165) is 0 Å². The molecule has 0 aliphatic carbocycles. The molecule has 1 heterocycles. The fourth-order valence-electron chi connectivity index (χ4n) is 1.98. The summed E-state index contributed by atoms with van der Waals surface area (Å²) < 4.78 is 11.5. The first kappa shape index (κ1) is 15.4. The van der Waals surface area contributed by atoms with Crippen LogP contribution in [0.4, 0.5) is 5.69 Å². The lowest BCUT2D eigenvalue weighted by atomic mass is 10.2. The number of aliphatic hydroxyl groups excluding tert-OH is 1. The zero-order valence-corrected chi connectivity index (χ0v) is 11.9. The van der Waals surface area contributed by atoms with Gasteiger partial charge in [-0.1, -0.05) is 0 Å². The van der Waals surface area contributed by atoms with E-state index in [1.165, 1.54) is 17.9 Å². The Bertz CT molecular complexity index is 714. The number of carbonyl (C=O) groups is 1. The SMILES string of the molecule is COC(=O)c1c(N)c(C#N)cn1-c1ccc(OCCO)cc1. The Morgan fingerprint density at radius 1 is 1.41 bits per heavy atom. The number of nitrogens with two attached hydrogens (primary N) is 1. The normalized spacial score (nSPS) is 10.0. The molecule has 0 aliphatic heterocycles. The molecule has 0 fully saturated rings. The predicted octanol–water partition coefficient (Wildman–Crippen LogP) is 1.09. The molecule has 3 N–H and O–H groups in total. The summed E-state index contributed by atoms with van der Waals surface area (Å²) in [6.45, 7) is 0.121. The van der Waals surface area contributed by atoms with E-state index in [9.17, 15) is 4.79 Å². The van der Waals surface area contributed by atoms with Crippen LogP contribution in [0.5, 0.6) is 5.75 Å². The van der Waals surface area contributed by atoms with Gasteiger partial charge < -0.3 is 24.9 Å². The number of nitrogen functional groups attached to an aromatic ring is 1. The van der Waals surface area contributed by atoms with Gasteiger partial charge in [-0.25, -0.2) is 4.79 Å². The standard InChI is InChI=1S/C15H15N3O4/c1-21-15(20)14-13(17)10(8-16)9-18(14)11-2-4-12(5-3-11)22-7-6-19/h2-5,9,19H,6-7,17H2,1H3. The zero-order valence-electron chi connectivity index (χ0n) is 11.9. The smallest absolute Gasteiger partial charge is 0.357 e. The van der Waals surface area contributed by atoms with E-state index in [-0.39, 0.29) is 30.2 Å². The maximum atomic E-state index is 11.9. The maximum absolute atomic E-state index is 11.9. The van der Waals surface area contributed by atoms with Crippen LogP contribution in [0.3, 0.4) is 0 Å². The summed E-state index contributed by atoms with van der Waals surface area (Å²) in [5, 5.41) is 17.8. The lowest BCUT2D eigenvalue weighted by Crippen LogP contribution is -2.11. The van der Waals surface area contributed by atoms with Crippen molar-refractivity contribution in [1.29, 1.82) is 5.26 Å². The fourth-order valence-corrected chi connectivity index (χ4v) is 1.98. The molecule has 0 atom stereocenters. The number of anilines is 1. The highest BCUT2D eigenvalue weighted by Gasteiger charge is 2.21. The number of ether oxygens (including phenoxy) is 2. The van der Waals surface area contributed by atoms with Gasteiger partial charge in [-0.15, -0.1) is 0 Å². The van der Waals surface area contributed by atoms with Crippen LogP contribution >= 0.6 is 0 Å². The molecule has 7 heteroatoms. The number of nitriles is 1. The summed E-state index contributed by atoms with van der Waals surface area (Å²) in [7, 11) is 1.25. The molecule has 0 bridgehead atoms. The van der Waals surface area contributed by atoms with Crippen molar-refractivity contribution in [2.45, 2.75) is 0 Å². The largest absolute Gasteiger partial charge is 0.491 e. The molecule has 0 saturated carbocycles. The van der Waals surface area contributed by atoms with Gasteiger partial charge in [-0.3, -0.25) is 0 Å². The number of carbonyl (C=O) groups excluding carboxylic acids is 1. The first-order chi connectivity index (χ1) is 10.6. The van der Waals surface area contributed by atoms with Gasteiger partial charge >= 0.3 is 5.97 Å². The van der Waals surface area contributed by atoms with Crippen LogP contribution in [0.2, 0.25) is 0 Å². The van der Waals surface area contributed by atoms with Crippen LogP contribution in [0.1, 0.15) is 16.1 Å². The molecule has 2 rings (SSSR count). The lowest BCUT2D eigenvalue weighted by molar-refractivity contribution is 0.0593. The highest BCUT2D eigenvalue weighted by molar-refractivity contribution is 5.95. The molecule has 0 unspecified atom stereocenters. The number of rotatable bonds is 5. The zero-order chi connectivity index (χ0) is 16.1. The van der Waals surface area contributed by atoms with Crippen molar-refractivity contribution in [1.82, 2.24) is 4.57 Å². The highest BCUT2D eigenvalue weighted by atomic mass is 16.5. The number of hydrogen-bond acceptors (Lipinski definition) is 6. The van der Waals surface area contributed by atoms with E-state index in [4.69, 9.17) is 25.6 Å². The molecule has 1 aromatic heterocycles. The summed E-state index contributed by atoms with van der Waals surface area (Å²) in [6.07, 6.45) is 1.48. The third kappa shape index (κ3) is 2.87. The highest BCUT2D eigenvalue weighted by Crippen LogP contribution is 2.25. The van der Waals surface area contributed by atoms with E-state index < -0.39 is 5.97 Å². The maximum Gasteiger partial charge on any atom is 0.357 e. The number of esters is 1. The quantitative estimate of drug-likeness (QED) is 0.800. The summed E-state index contributed by atoms with van der Waals surface area (Å²) >= 11 is 0. The number of methoxy groups -OCH3 is 1. The number of nitrogens with zero attached hydrogens (tertiary/aromatic N) is 2. The molecule has 0 spiro atoms. The van der Waals surface area contributed by atoms with Crippen LogP contribution in [0.25, 0.3) is 5.69 Å². The number of benzene rings is 1. The molecule has 0 aliphatic rings. The summed E-state index contributed by atoms with van der Waals surface area (Å²) in [5.74, 6) is -0.0438. The minimum atomic E-state index is -0.625. The molecular formula is C15H15N3O4. The third-order valence-corrected chi connectivity index (χ3v) is 3.02. The average molecular weight is 301 g/mol. The van der Waals surface area contributed by atoms with Gasteiger partial charge in [0.05, 0.1) is 25.0 Å². The summed E-state index contributed by atoms with van der Waals surface area (Å²) in [6, 6.07) is 8.73. The monoisotopic (exact) mass is 301 g/mol. The van der Waals surface area contributed by atoms with Gasteiger partial charge in [-0.05, 0) is 24.3 Å². The molecule has 0 amide bonds. The van der Waals surface area contributed by atoms with Crippen molar-refractivity contribution < 1.29 is 19.4 Å². The molecule has 0 radical (unpaired) electrons. The topological polar surface area (TPSA) is 110 Å². The van der Waals surface area contributed by atoms with E-state index in [1.54, 1.807) is 24.3 Å². The van der Waals surface area contributed by atoms with Crippen LogP contribution in [-0.4, -0.2) is 36.0 Å². The third-order valence-electron chi connectivity index (χ3n) is 3.02. The Kier molecular flexibility index (Phi) is 4.66. The van der Waals surface area contributed by atoms with Crippen LogP contribution in [-0.2, 0) is 4.74 Å². The van der Waals surface area contributed by atoms with Gasteiger partial charge in [0.15, 0.2) is 5.69 Å². The minimum absolute atomic E-state index is 0.0755. The number of aliphatic hydroxyl groups is 1. The molecule has 7 nitrogen and oxygen atoms in total. The van der Waals surface area contributed by atoms with Crippen molar-refractivity contribution in [2.24, 2.45) is 0 Å². The second-order valence-electron chi connectivity index (χ2n) is 4.34. The first-order valence-corrected chi connectivity index (χ1v) is 6.45. The van der Waals surface area contributed by atoms with Crippen molar-refractivity contribution in [3.8, 4) is 17.5 Å². The van der Waals surface area contributed by atoms with Gasteiger partial charge in [0.25, 0.3) is 0 Å². The van der Waals surface area contributed by atoms with E-state index in [0.29, 0.717) is 11.4 Å². The van der Waals surface area contributed by atoms with Crippen LogP contribution in [0, 0.1) is 11.3 Å². The minimum Gasteiger partial charge on any atom is -0.491 e. The molecule has 22 heavy (non-hydrogen) atoms. The van der Waals surface area contributed by atoms with Gasteiger partial charge in [-0.2, -0.15) is 5.26 Å². The molecule has 114 valence electrons. The van der Waals surface area contributed by atoms with Gasteiger partial charge in [0.2, 0.25) is 0 Å². The Morgan fingerprint density at radius 3 is 2.64 bits per heavy atom. The van der Waals surface area contributed by atoms with Crippen LogP contribution in [0.15, 0.2) is 30.5 Å². The van der Waals surface area contributed by atoms with E-state index >= 15 is 0 Å². The van der Waals surface area contributed by atoms with Gasteiger partial charge in [0.1, 0.15) is 18.4 Å². The number of aromatic nitrogens is 1. The fraction of sp³-hybridized carbons (Fsp3) is 0.200. The summed E-state index contributed by atoms with van der Waals surface area (Å²) in [5.41, 5.74) is 6.83. The second kappa shape index (κ2) is 6.65. The molecule has 0 saturated heterocycles.